The zero-order valence-corrected chi connectivity index (χ0v) is 15.8. The molecular formula is C15H17Cl2FeN5. The Morgan fingerprint density at radius 3 is 1.48 bits per heavy atom. The van der Waals surface area contributed by atoms with Gasteiger partial charge in [0.15, 0.2) is 11.6 Å². The second kappa shape index (κ2) is 8.50. The van der Waals surface area contributed by atoms with Crippen molar-refractivity contribution in [3.05, 3.63) is 42.0 Å². The van der Waals surface area contributed by atoms with Crippen molar-refractivity contribution >= 4 is 0 Å². The van der Waals surface area contributed by atoms with Gasteiger partial charge in [-0.1, -0.05) is 6.07 Å². The Hall–Kier alpha value is -1.33. The molecule has 0 aliphatic heterocycles. The Bertz CT molecular complexity index is 721. The van der Waals surface area contributed by atoms with E-state index in [9.17, 15) is 0 Å². The van der Waals surface area contributed by atoms with Crippen LogP contribution in [0.25, 0.3) is 23.0 Å². The van der Waals surface area contributed by atoms with E-state index < -0.39 is 0 Å². The van der Waals surface area contributed by atoms with Crippen LogP contribution >= 0.6 is 0 Å². The molecule has 3 heterocycles. The van der Waals surface area contributed by atoms with Crippen molar-refractivity contribution in [1.82, 2.24) is 24.1 Å². The first-order valence-electron chi connectivity index (χ1n) is 6.52. The molecule has 0 saturated heterocycles. The number of halogens is 2. The Morgan fingerprint density at radius 2 is 1.17 bits per heavy atom. The Labute approximate surface area is 158 Å². The average Bonchev–Trinajstić information content (AvgIpc) is 2.95. The summed E-state index contributed by atoms with van der Waals surface area (Å²) >= 11 is 0. The van der Waals surface area contributed by atoms with E-state index in [0.29, 0.717) is 0 Å². The van der Waals surface area contributed by atoms with Gasteiger partial charge in [0.2, 0.25) is 0 Å². The van der Waals surface area contributed by atoms with E-state index in [1.165, 1.54) is 0 Å². The number of hydrogen-bond donors (Lipinski definition) is 0. The van der Waals surface area contributed by atoms with Crippen LogP contribution in [0.15, 0.2) is 30.6 Å². The molecule has 3 aromatic heterocycles. The van der Waals surface area contributed by atoms with Crippen molar-refractivity contribution in [2.45, 2.75) is 13.8 Å². The number of aryl methyl sites for hydroxylation is 2. The van der Waals surface area contributed by atoms with Crippen LogP contribution in [-0.2, 0) is 31.2 Å². The van der Waals surface area contributed by atoms with E-state index in [-0.39, 0.29) is 41.9 Å². The van der Waals surface area contributed by atoms with Crippen LogP contribution in [0.2, 0.25) is 0 Å². The fourth-order valence-electron chi connectivity index (χ4n) is 2.15. The van der Waals surface area contributed by atoms with Crippen molar-refractivity contribution in [2.24, 2.45) is 14.1 Å². The largest absolute Gasteiger partial charge is 2.00 e. The Kier molecular flexibility index (Phi) is 8.01. The summed E-state index contributed by atoms with van der Waals surface area (Å²) in [5.41, 5.74) is 3.94. The van der Waals surface area contributed by atoms with Gasteiger partial charge in [0.05, 0.1) is 0 Å². The van der Waals surface area contributed by atoms with Crippen molar-refractivity contribution in [3.8, 4) is 23.0 Å². The number of imidazole rings is 2. The molecule has 0 bridgehead atoms. The molecule has 23 heavy (non-hydrogen) atoms. The topological polar surface area (TPSA) is 48.5 Å². The molecule has 3 rings (SSSR count). The normalized spacial score (nSPS) is 9.57. The molecular weight excluding hydrogens is 377 g/mol. The van der Waals surface area contributed by atoms with Crippen molar-refractivity contribution in [1.29, 1.82) is 0 Å². The van der Waals surface area contributed by atoms with Crippen LogP contribution in [0.4, 0.5) is 0 Å². The summed E-state index contributed by atoms with van der Waals surface area (Å²) in [5.74, 6) is 1.74. The molecule has 0 atom stereocenters. The van der Waals surface area contributed by atoms with Crippen molar-refractivity contribution in [3.63, 3.8) is 0 Å². The predicted molar refractivity (Wildman–Crippen MR) is 78.1 cm³/mol. The minimum Gasteiger partial charge on any atom is -1.00 e. The molecule has 0 radical (unpaired) electrons. The molecule has 0 saturated carbocycles. The van der Waals surface area contributed by atoms with E-state index in [1.807, 2.05) is 67.7 Å². The van der Waals surface area contributed by atoms with Gasteiger partial charge < -0.3 is 33.9 Å². The first-order valence-corrected chi connectivity index (χ1v) is 6.52. The van der Waals surface area contributed by atoms with Crippen molar-refractivity contribution < 1.29 is 41.9 Å². The number of pyridine rings is 1. The molecule has 3 aromatic rings. The first kappa shape index (κ1) is 21.7. The van der Waals surface area contributed by atoms with Gasteiger partial charge in [0, 0.05) is 37.9 Å². The minimum atomic E-state index is 0. The molecule has 5 nitrogen and oxygen atoms in total. The number of aromatic nitrogens is 5. The van der Waals surface area contributed by atoms with E-state index in [0.717, 1.165) is 34.4 Å². The van der Waals surface area contributed by atoms with E-state index in [2.05, 4.69) is 9.97 Å². The summed E-state index contributed by atoms with van der Waals surface area (Å²) in [6.07, 6.45) is 3.71. The first-order chi connectivity index (χ1) is 9.58. The maximum absolute atomic E-state index is 4.69. The predicted octanol–water partition coefficient (Wildman–Crippen LogP) is -3.50. The maximum atomic E-state index is 4.69. The van der Waals surface area contributed by atoms with Crippen LogP contribution in [0, 0.1) is 13.8 Å². The van der Waals surface area contributed by atoms with Crippen LogP contribution in [-0.4, -0.2) is 24.1 Å². The fourth-order valence-corrected chi connectivity index (χ4v) is 2.15. The second-order valence-electron chi connectivity index (χ2n) is 4.97. The van der Waals surface area contributed by atoms with Gasteiger partial charge in [0.1, 0.15) is 11.4 Å². The third kappa shape index (κ3) is 3.96. The molecule has 8 heteroatoms. The van der Waals surface area contributed by atoms with Gasteiger partial charge in [0.25, 0.3) is 0 Å². The average molecular weight is 394 g/mol. The van der Waals surface area contributed by atoms with Gasteiger partial charge in [-0.15, -0.1) is 0 Å². The summed E-state index contributed by atoms with van der Waals surface area (Å²) in [5, 5.41) is 0. The molecule has 0 amide bonds. The number of hydrogen-bond acceptors (Lipinski definition) is 3. The number of rotatable bonds is 2. The summed E-state index contributed by atoms with van der Waals surface area (Å²) < 4.78 is 4.07. The van der Waals surface area contributed by atoms with Crippen LogP contribution in [0.3, 0.4) is 0 Å². The van der Waals surface area contributed by atoms with Gasteiger partial charge >= 0.3 is 17.1 Å². The minimum absolute atomic E-state index is 0. The molecule has 0 fully saturated rings. The fraction of sp³-hybridized carbons (Fsp3) is 0.267. The molecule has 0 unspecified atom stereocenters. The van der Waals surface area contributed by atoms with Gasteiger partial charge in [-0.25, -0.2) is 15.0 Å². The molecule has 124 valence electrons. The zero-order chi connectivity index (χ0) is 14.3. The van der Waals surface area contributed by atoms with Gasteiger partial charge in [-0.05, 0) is 26.0 Å². The molecule has 0 spiro atoms. The van der Waals surface area contributed by atoms with Gasteiger partial charge in [-0.3, -0.25) is 0 Å². The quantitative estimate of drug-likeness (QED) is 0.425. The van der Waals surface area contributed by atoms with Crippen LogP contribution in [0.1, 0.15) is 11.4 Å². The van der Waals surface area contributed by atoms with Crippen LogP contribution in [0.5, 0.6) is 0 Å². The van der Waals surface area contributed by atoms with Crippen molar-refractivity contribution in [2.75, 3.05) is 0 Å². The third-order valence-electron chi connectivity index (χ3n) is 3.65. The Balaban J connectivity index is 0.00000161. The van der Waals surface area contributed by atoms with Crippen LogP contribution < -0.4 is 24.8 Å². The zero-order valence-electron chi connectivity index (χ0n) is 13.2. The second-order valence-corrected chi connectivity index (χ2v) is 4.97. The number of nitrogens with zero attached hydrogens (tertiary/aromatic N) is 5. The maximum Gasteiger partial charge on any atom is 2.00 e. The standard InChI is InChI=1S/C15H17N5.2ClH.Fe/c1-10-8-16-14(19(10)3)12-6-5-7-13(18-12)15-17-9-11(2)20(15)4;;;/h5-9H,1-4H3;2*1H;/q;;;+2/p-2. The molecule has 0 aliphatic rings. The summed E-state index contributed by atoms with van der Waals surface area (Å²) in [6, 6.07) is 5.94. The van der Waals surface area contributed by atoms with E-state index in [4.69, 9.17) is 4.98 Å². The smallest absolute Gasteiger partial charge is 1.00 e. The molecule has 0 aromatic carbocycles. The Morgan fingerprint density at radius 1 is 0.783 bits per heavy atom. The third-order valence-corrected chi connectivity index (χ3v) is 3.65. The van der Waals surface area contributed by atoms with E-state index in [1.54, 1.807) is 0 Å². The van der Waals surface area contributed by atoms with E-state index >= 15 is 0 Å². The summed E-state index contributed by atoms with van der Waals surface area (Å²) in [7, 11) is 3.99. The monoisotopic (exact) mass is 393 g/mol. The SMILES string of the molecule is Cc1cnc(-c2cccc(-c3ncc(C)n3C)n2)n1C.[Cl-].[Cl-].[Fe+2]. The molecule has 0 aliphatic carbocycles. The molecule has 0 N–H and O–H groups in total. The summed E-state index contributed by atoms with van der Waals surface area (Å²) in [6.45, 7) is 4.06. The summed E-state index contributed by atoms with van der Waals surface area (Å²) in [4.78, 5) is 13.5. The van der Waals surface area contributed by atoms with Gasteiger partial charge in [-0.2, -0.15) is 0 Å².